The lowest BCUT2D eigenvalue weighted by atomic mass is 9.89. The summed E-state index contributed by atoms with van der Waals surface area (Å²) in [4.78, 5) is 31.1. The van der Waals surface area contributed by atoms with Crippen LogP contribution in [-0.2, 0) is 4.79 Å². The molecule has 2 N–H and O–H groups in total. The molecule has 2 rings (SSSR count). The van der Waals surface area contributed by atoms with Crippen LogP contribution in [0.25, 0.3) is 0 Å². The van der Waals surface area contributed by atoms with E-state index in [2.05, 4.69) is 6.92 Å². The average Bonchev–Trinajstić information content (AvgIpc) is 2.62. The topological polar surface area (TPSA) is 69.9 Å². The molecule has 0 spiro atoms. The number of urea groups is 1. The molecule has 6 heteroatoms. The summed E-state index contributed by atoms with van der Waals surface area (Å²) in [6.45, 7) is 10.5. The molecule has 0 aromatic heterocycles. The zero-order chi connectivity index (χ0) is 17.7. The molecule has 0 aromatic carbocycles. The summed E-state index contributed by atoms with van der Waals surface area (Å²) in [6.07, 6.45) is 3.63. The van der Waals surface area contributed by atoms with Gasteiger partial charge in [-0.3, -0.25) is 4.79 Å². The number of carbonyl (C=O) groups excluding carboxylic acids is 2. The van der Waals surface area contributed by atoms with Crippen LogP contribution >= 0.6 is 0 Å². The van der Waals surface area contributed by atoms with Gasteiger partial charge in [-0.25, -0.2) is 4.79 Å². The van der Waals surface area contributed by atoms with Crippen molar-refractivity contribution in [2.75, 3.05) is 39.3 Å². The van der Waals surface area contributed by atoms with E-state index in [1.165, 1.54) is 0 Å². The largest absolute Gasteiger partial charge is 0.338 e. The van der Waals surface area contributed by atoms with Gasteiger partial charge in [-0.2, -0.15) is 0 Å². The summed E-state index contributed by atoms with van der Waals surface area (Å²) in [7, 11) is 0. The van der Waals surface area contributed by atoms with E-state index in [1.54, 1.807) is 0 Å². The maximum atomic E-state index is 12.9. The first kappa shape index (κ1) is 19.0. The second-order valence-corrected chi connectivity index (χ2v) is 7.27. The third-order valence-corrected chi connectivity index (χ3v) is 5.68. The monoisotopic (exact) mass is 338 g/mol. The Morgan fingerprint density at radius 2 is 1.71 bits per heavy atom. The fraction of sp³-hybridized carbons (Fsp3) is 0.889. The van der Waals surface area contributed by atoms with E-state index in [0.717, 1.165) is 45.3 Å². The average molecular weight is 338 g/mol. The fourth-order valence-corrected chi connectivity index (χ4v) is 4.01. The van der Waals surface area contributed by atoms with Gasteiger partial charge in [-0.15, -0.1) is 0 Å². The summed E-state index contributed by atoms with van der Waals surface area (Å²) in [5.41, 5.74) is 5.90. The van der Waals surface area contributed by atoms with E-state index < -0.39 is 0 Å². The number of rotatable bonds is 4. The molecule has 0 radical (unpaired) electrons. The van der Waals surface area contributed by atoms with Crippen LogP contribution < -0.4 is 5.73 Å². The molecule has 0 bridgehead atoms. The Bertz CT molecular complexity index is 431. The molecule has 0 aromatic rings. The van der Waals surface area contributed by atoms with Gasteiger partial charge >= 0.3 is 6.03 Å². The van der Waals surface area contributed by atoms with Crippen LogP contribution in [0.4, 0.5) is 4.79 Å². The van der Waals surface area contributed by atoms with Crippen LogP contribution in [0.2, 0.25) is 0 Å². The van der Waals surface area contributed by atoms with E-state index in [0.29, 0.717) is 25.6 Å². The molecule has 0 aliphatic carbocycles. The lowest BCUT2D eigenvalue weighted by Crippen LogP contribution is -2.53. The van der Waals surface area contributed by atoms with Gasteiger partial charge in [0.1, 0.15) is 0 Å². The van der Waals surface area contributed by atoms with Crippen molar-refractivity contribution < 1.29 is 9.59 Å². The smallest absolute Gasteiger partial charge is 0.319 e. The number of nitrogens with zero attached hydrogens (tertiary/aromatic N) is 3. The van der Waals surface area contributed by atoms with Gasteiger partial charge in [0.15, 0.2) is 0 Å². The zero-order valence-electron chi connectivity index (χ0n) is 15.5. The van der Waals surface area contributed by atoms with Crippen LogP contribution in [-0.4, -0.2) is 71.9 Å². The Labute approximate surface area is 146 Å². The molecule has 138 valence electrons. The molecule has 24 heavy (non-hydrogen) atoms. The number of carbonyl (C=O) groups is 2. The standard InChI is InChI=1S/C18H34N4O2/c1-4-20(5-2)18(24)21-9-7-15(8-10-21)17(23)22-11-6-14(3)12-16(22)13-19/h14-16H,4-13,19H2,1-3H3. The van der Waals surface area contributed by atoms with Gasteiger partial charge in [0.25, 0.3) is 0 Å². The first-order valence-electron chi connectivity index (χ1n) is 9.56. The molecule has 2 unspecified atom stereocenters. The Hall–Kier alpha value is -1.30. The Morgan fingerprint density at radius 3 is 2.25 bits per heavy atom. The van der Waals surface area contributed by atoms with Crippen molar-refractivity contribution in [3.05, 3.63) is 0 Å². The lowest BCUT2D eigenvalue weighted by molar-refractivity contribution is -0.141. The van der Waals surface area contributed by atoms with Crippen molar-refractivity contribution >= 4 is 11.9 Å². The molecule has 2 atom stereocenters. The number of hydrogen-bond acceptors (Lipinski definition) is 3. The number of piperidine rings is 2. The van der Waals surface area contributed by atoms with Crippen molar-refractivity contribution in [2.45, 2.75) is 52.5 Å². The molecular weight excluding hydrogens is 304 g/mol. The zero-order valence-corrected chi connectivity index (χ0v) is 15.5. The predicted octanol–water partition coefficient (Wildman–Crippen LogP) is 1.75. The maximum Gasteiger partial charge on any atom is 0.319 e. The number of amides is 3. The molecule has 6 nitrogen and oxygen atoms in total. The van der Waals surface area contributed by atoms with E-state index in [-0.39, 0.29) is 23.9 Å². The summed E-state index contributed by atoms with van der Waals surface area (Å²) in [5.74, 6) is 0.955. The van der Waals surface area contributed by atoms with E-state index in [1.807, 2.05) is 28.5 Å². The third kappa shape index (κ3) is 4.21. The van der Waals surface area contributed by atoms with Crippen LogP contribution in [0.1, 0.15) is 46.5 Å². The normalized spacial score (nSPS) is 25.7. The molecule has 2 fully saturated rings. The predicted molar refractivity (Wildman–Crippen MR) is 95.6 cm³/mol. The minimum atomic E-state index is 0.0493. The highest BCUT2D eigenvalue weighted by atomic mass is 16.2. The highest BCUT2D eigenvalue weighted by Crippen LogP contribution is 2.27. The number of hydrogen-bond donors (Lipinski definition) is 1. The van der Waals surface area contributed by atoms with Crippen molar-refractivity contribution in [2.24, 2.45) is 17.6 Å². The Balaban J connectivity index is 1.89. The molecule has 2 heterocycles. The van der Waals surface area contributed by atoms with E-state index in [9.17, 15) is 9.59 Å². The quantitative estimate of drug-likeness (QED) is 0.849. The summed E-state index contributed by atoms with van der Waals surface area (Å²) < 4.78 is 0. The molecular formula is C18H34N4O2. The second kappa shape index (κ2) is 8.70. The SMILES string of the molecule is CCN(CC)C(=O)N1CCC(C(=O)N2CCC(C)CC2CN)CC1. The summed E-state index contributed by atoms with van der Waals surface area (Å²) >= 11 is 0. The van der Waals surface area contributed by atoms with Crippen molar-refractivity contribution in [1.82, 2.24) is 14.7 Å². The molecule has 0 saturated carbocycles. The second-order valence-electron chi connectivity index (χ2n) is 7.27. The molecule has 2 aliphatic rings. The summed E-state index contributed by atoms with van der Waals surface area (Å²) in [6, 6.07) is 0.300. The third-order valence-electron chi connectivity index (χ3n) is 5.68. The van der Waals surface area contributed by atoms with E-state index in [4.69, 9.17) is 5.73 Å². The van der Waals surface area contributed by atoms with Crippen molar-refractivity contribution in [3.63, 3.8) is 0 Å². The highest BCUT2D eigenvalue weighted by molar-refractivity contribution is 5.80. The molecule has 2 aliphatic heterocycles. The maximum absolute atomic E-state index is 12.9. The number of likely N-dealkylation sites (tertiary alicyclic amines) is 2. The van der Waals surface area contributed by atoms with Gasteiger partial charge in [0.2, 0.25) is 5.91 Å². The van der Waals surface area contributed by atoms with Crippen LogP contribution in [0.5, 0.6) is 0 Å². The lowest BCUT2D eigenvalue weighted by Gasteiger charge is -2.41. The first-order chi connectivity index (χ1) is 11.5. The van der Waals surface area contributed by atoms with Crippen LogP contribution in [0.15, 0.2) is 0 Å². The van der Waals surface area contributed by atoms with Gasteiger partial charge < -0.3 is 20.4 Å². The number of nitrogens with two attached hydrogens (primary N) is 1. The molecule has 2 saturated heterocycles. The minimum absolute atomic E-state index is 0.0493. The van der Waals surface area contributed by atoms with Gasteiger partial charge in [-0.05, 0) is 45.4 Å². The first-order valence-corrected chi connectivity index (χ1v) is 9.56. The van der Waals surface area contributed by atoms with Crippen LogP contribution in [0.3, 0.4) is 0 Å². The van der Waals surface area contributed by atoms with Gasteiger partial charge in [0.05, 0.1) is 0 Å². The Morgan fingerprint density at radius 1 is 1.08 bits per heavy atom. The van der Waals surface area contributed by atoms with Crippen LogP contribution in [0, 0.1) is 11.8 Å². The molecule has 3 amide bonds. The fourth-order valence-electron chi connectivity index (χ4n) is 4.01. The minimum Gasteiger partial charge on any atom is -0.338 e. The van der Waals surface area contributed by atoms with Crippen molar-refractivity contribution in [3.8, 4) is 0 Å². The van der Waals surface area contributed by atoms with Gasteiger partial charge in [-0.1, -0.05) is 6.92 Å². The summed E-state index contributed by atoms with van der Waals surface area (Å²) in [5, 5.41) is 0. The van der Waals surface area contributed by atoms with E-state index >= 15 is 0 Å². The Kier molecular flexibility index (Phi) is 6.90. The highest BCUT2D eigenvalue weighted by Gasteiger charge is 2.35. The van der Waals surface area contributed by atoms with Crippen molar-refractivity contribution in [1.29, 1.82) is 0 Å². The van der Waals surface area contributed by atoms with Gasteiger partial charge in [0, 0.05) is 51.2 Å².